The summed E-state index contributed by atoms with van der Waals surface area (Å²) < 4.78 is 7.46. The predicted molar refractivity (Wildman–Crippen MR) is 480 cm³/mol. The maximum absolute atomic E-state index is 10.5. The molecular weight excluding hydrogens is 1380 g/mol. The molecule has 0 amide bonds. The number of aromatic nitrogens is 3. The molecule has 17 aromatic carbocycles. The second-order valence-electron chi connectivity index (χ2n) is 31.4. The van der Waals surface area contributed by atoms with E-state index >= 15 is 0 Å². The van der Waals surface area contributed by atoms with Crippen LogP contribution in [0.3, 0.4) is 0 Å². The van der Waals surface area contributed by atoms with Crippen molar-refractivity contribution in [1.29, 1.82) is 5.26 Å². The van der Waals surface area contributed by atoms with Crippen molar-refractivity contribution in [3.8, 4) is 89.9 Å². The summed E-state index contributed by atoms with van der Waals surface area (Å²) in [6.45, 7) is 6.65. The van der Waals surface area contributed by atoms with Crippen LogP contribution in [0.1, 0.15) is 31.9 Å². The molecule has 2 aliphatic rings. The van der Waals surface area contributed by atoms with Gasteiger partial charge in [-0.3, -0.25) is 0 Å². The first-order valence-electron chi connectivity index (χ1n) is 39.4. The van der Waals surface area contributed by atoms with Crippen LogP contribution in [-0.2, 0) is 5.41 Å². The van der Waals surface area contributed by atoms with Crippen LogP contribution in [0.5, 0.6) is 0 Å². The van der Waals surface area contributed by atoms with Crippen LogP contribution < -0.4 is 26.2 Å². The standard InChI is InChI=1S/C107H73BN6/c1-107(2,3)79-53-58-98(88(66-79)73-35-14-7-15-36-73)113-102-67-80(110-93-45-23-21-42-87(93)89-59-69(68-109)51-57-99(89)110)54-56-91(102)108-90-55-52-74(82-43-28-50-100(111-94-46-24-17-38-83(94)84-39-18-25-47-95(84)111)106(82)114-96-48-26-19-40-85(96)86-41-20-27-49-97(86)114)63-101(90)112(92-44-22-16-37-81(92)72-33-12-6-13-34-72)103-64-78(65-104(113)105(103)108)77-61-75(70-29-8-4-9-30-70)60-76(62-77)71-31-10-5-11-32-71/h4-67H,1-3H3. The van der Waals surface area contributed by atoms with Gasteiger partial charge in [-0.2, -0.15) is 5.26 Å². The molecule has 5 heterocycles. The molecule has 0 unspecified atom stereocenters. The predicted octanol–water partition coefficient (Wildman–Crippen LogP) is 26.2. The zero-order valence-electron chi connectivity index (χ0n) is 63.2. The number of anilines is 6. The fourth-order valence-electron chi connectivity index (χ4n) is 18.8. The zero-order valence-corrected chi connectivity index (χ0v) is 63.2. The molecule has 20 aromatic rings. The highest BCUT2D eigenvalue weighted by atomic mass is 15.2. The summed E-state index contributed by atoms with van der Waals surface area (Å²) >= 11 is 0. The lowest BCUT2D eigenvalue weighted by atomic mass is 9.33. The van der Waals surface area contributed by atoms with Gasteiger partial charge < -0.3 is 23.5 Å². The summed E-state index contributed by atoms with van der Waals surface area (Å²) in [5.41, 5.74) is 34.8. The summed E-state index contributed by atoms with van der Waals surface area (Å²) in [5, 5.41) is 17.4. The molecule has 0 atom stereocenters. The Kier molecular flexibility index (Phi) is 15.3. The summed E-state index contributed by atoms with van der Waals surface area (Å²) in [4.78, 5) is 5.27. The second-order valence-corrected chi connectivity index (χ2v) is 31.4. The van der Waals surface area contributed by atoms with Gasteiger partial charge in [0.1, 0.15) is 0 Å². The Bertz CT molecular complexity index is 7200. The Hall–Kier alpha value is -14.7. The largest absolute Gasteiger partial charge is 0.311 e. The van der Waals surface area contributed by atoms with E-state index in [1.54, 1.807) is 0 Å². The normalized spacial score (nSPS) is 12.5. The quantitative estimate of drug-likeness (QED) is 0.121. The smallest absolute Gasteiger partial charge is 0.252 e. The third-order valence-electron chi connectivity index (χ3n) is 24.0. The molecule has 6 nitrogen and oxygen atoms in total. The molecule has 0 bridgehead atoms. The van der Waals surface area contributed by atoms with Gasteiger partial charge in [0, 0.05) is 77.4 Å². The Labute approximate surface area is 662 Å². The van der Waals surface area contributed by atoms with E-state index in [2.05, 4.69) is 433 Å². The molecule has 7 heteroatoms. The molecule has 0 saturated heterocycles. The third kappa shape index (κ3) is 10.5. The number of hydrogen-bond donors (Lipinski definition) is 0. The SMILES string of the molecule is CC(C)(C)c1ccc(N2c3cc(-n4c5ccccc5c5cc(C#N)ccc54)ccc3B3c4ccc(-c5cccc(-n6c7ccccc7c7ccccc76)c5-n5c6ccccc6c6ccccc65)cc4N(c4ccccc4-c4ccccc4)c4cc(-c5cc(-c6ccccc6)cc(-c6ccccc6)c5)cc2c43)c(-c2ccccc2)c1. The van der Waals surface area contributed by atoms with Crippen molar-refractivity contribution in [2.45, 2.75) is 26.2 Å². The Morgan fingerprint density at radius 1 is 0.254 bits per heavy atom. The Morgan fingerprint density at radius 3 is 1.22 bits per heavy atom. The van der Waals surface area contributed by atoms with Crippen LogP contribution in [0.15, 0.2) is 388 Å². The molecule has 0 radical (unpaired) electrons. The number of fused-ring (bicyclic) bond motifs is 13. The van der Waals surface area contributed by atoms with Crippen molar-refractivity contribution in [2.75, 3.05) is 9.80 Å². The lowest BCUT2D eigenvalue weighted by molar-refractivity contribution is 0.590. The molecule has 534 valence electrons. The average molecular weight is 1450 g/mol. The number of para-hydroxylation sites is 7. The molecule has 0 N–H and O–H groups in total. The second kappa shape index (κ2) is 26.2. The first-order valence-corrected chi connectivity index (χ1v) is 39.4. The molecule has 0 fully saturated rings. The molecule has 3 aromatic heterocycles. The van der Waals surface area contributed by atoms with Crippen LogP contribution >= 0.6 is 0 Å². The van der Waals surface area contributed by atoms with E-state index in [-0.39, 0.29) is 12.1 Å². The van der Waals surface area contributed by atoms with E-state index in [1.165, 1.54) is 43.5 Å². The minimum Gasteiger partial charge on any atom is -0.311 e. The van der Waals surface area contributed by atoms with Crippen molar-refractivity contribution in [1.82, 2.24) is 13.7 Å². The van der Waals surface area contributed by atoms with Gasteiger partial charge >= 0.3 is 0 Å². The van der Waals surface area contributed by atoms with Crippen molar-refractivity contribution >= 4 is 123 Å². The minimum atomic E-state index is -0.310. The maximum Gasteiger partial charge on any atom is 0.252 e. The van der Waals surface area contributed by atoms with Crippen LogP contribution in [0.2, 0.25) is 0 Å². The van der Waals surface area contributed by atoms with Gasteiger partial charge in [0.15, 0.2) is 0 Å². The monoisotopic (exact) mass is 1450 g/mol. The summed E-state index contributed by atoms with van der Waals surface area (Å²) in [6, 6.07) is 147. The fourth-order valence-corrected chi connectivity index (χ4v) is 18.8. The van der Waals surface area contributed by atoms with E-state index in [0.717, 1.165) is 162 Å². The minimum absolute atomic E-state index is 0.173. The Morgan fingerprint density at radius 2 is 0.667 bits per heavy atom. The topological polar surface area (TPSA) is 45.1 Å². The third-order valence-corrected chi connectivity index (χ3v) is 24.0. The van der Waals surface area contributed by atoms with Gasteiger partial charge in [0.05, 0.1) is 67.5 Å². The van der Waals surface area contributed by atoms with E-state index in [4.69, 9.17) is 0 Å². The lowest BCUT2D eigenvalue weighted by Gasteiger charge is -2.45. The summed E-state index contributed by atoms with van der Waals surface area (Å²) in [5.74, 6) is 0. The van der Waals surface area contributed by atoms with Crippen molar-refractivity contribution in [2.24, 2.45) is 0 Å². The number of hydrogen-bond acceptors (Lipinski definition) is 3. The average Bonchev–Trinajstić information content (AvgIpc) is 0.921. The number of nitrogens with zero attached hydrogens (tertiary/aromatic N) is 6. The highest BCUT2D eigenvalue weighted by Crippen LogP contribution is 2.53. The summed E-state index contributed by atoms with van der Waals surface area (Å²) in [7, 11) is 0. The van der Waals surface area contributed by atoms with E-state index in [0.29, 0.717) is 5.56 Å². The van der Waals surface area contributed by atoms with Gasteiger partial charge in [-0.05, 0) is 199 Å². The number of rotatable bonds is 11. The van der Waals surface area contributed by atoms with Gasteiger partial charge in [-0.1, -0.05) is 288 Å². The molecule has 0 aliphatic carbocycles. The summed E-state index contributed by atoms with van der Waals surface area (Å²) in [6.07, 6.45) is 0. The molecule has 114 heavy (non-hydrogen) atoms. The van der Waals surface area contributed by atoms with E-state index in [1.807, 2.05) is 6.07 Å². The van der Waals surface area contributed by atoms with E-state index in [9.17, 15) is 5.26 Å². The van der Waals surface area contributed by atoms with Gasteiger partial charge in [0.2, 0.25) is 0 Å². The van der Waals surface area contributed by atoms with Gasteiger partial charge in [-0.15, -0.1) is 0 Å². The first-order chi connectivity index (χ1) is 56.2. The lowest BCUT2D eigenvalue weighted by Crippen LogP contribution is -2.61. The van der Waals surface area contributed by atoms with Crippen molar-refractivity contribution in [3.05, 3.63) is 399 Å². The zero-order chi connectivity index (χ0) is 75.9. The van der Waals surface area contributed by atoms with Crippen LogP contribution in [-0.4, -0.2) is 20.4 Å². The highest BCUT2D eigenvalue weighted by molar-refractivity contribution is 7.00. The van der Waals surface area contributed by atoms with Crippen LogP contribution in [0.4, 0.5) is 34.1 Å². The molecule has 0 saturated carbocycles. The first kappa shape index (κ1) is 66.3. The van der Waals surface area contributed by atoms with Crippen LogP contribution in [0.25, 0.3) is 149 Å². The number of nitriles is 1. The maximum atomic E-state index is 10.5. The molecule has 0 spiro atoms. The van der Waals surface area contributed by atoms with Gasteiger partial charge in [0.25, 0.3) is 6.71 Å². The van der Waals surface area contributed by atoms with Crippen molar-refractivity contribution in [3.63, 3.8) is 0 Å². The van der Waals surface area contributed by atoms with Crippen molar-refractivity contribution < 1.29 is 0 Å². The molecule has 22 rings (SSSR count). The number of benzene rings is 17. The molecule has 2 aliphatic heterocycles. The molecular formula is C107H73BN6. The van der Waals surface area contributed by atoms with Crippen LogP contribution in [0, 0.1) is 11.3 Å². The van der Waals surface area contributed by atoms with E-state index < -0.39 is 0 Å². The fraction of sp³-hybridized carbons (Fsp3) is 0.0374. The van der Waals surface area contributed by atoms with Gasteiger partial charge in [-0.25, -0.2) is 0 Å². The highest BCUT2D eigenvalue weighted by Gasteiger charge is 2.45. The Balaban J connectivity index is 0.892.